The fourth-order valence-electron chi connectivity index (χ4n) is 5.27. The number of nitrogens with one attached hydrogen (secondary N) is 2. The van der Waals surface area contributed by atoms with E-state index in [4.69, 9.17) is 9.47 Å². The Hall–Kier alpha value is -3.46. The number of halogens is 3. The maximum atomic E-state index is 12.7. The Morgan fingerprint density at radius 1 is 1.11 bits per heavy atom. The molecule has 188 valence electrons. The number of pyridine rings is 1. The molecule has 2 atom stereocenters. The van der Waals surface area contributed by atoms with Crippen molar-refractivity contribution in [3.63, 3.8) is 0 Å². The summed E-state index contributed by atoms with van der Waals surface area (Å²) < 4.78 is 54.4. The van der Waals surface area contributed by atoms with Crippen LogP contribution in [0.3, 0.4) is 0 Å². The molecule has 0 radical (unpaired) electrons. The lowest BCUT2D eigenvalue weighted by Gasteiger charge is -2.29. The van der Waals surface area contributed by atoms with Gasteiger partial charge in [-0.1, -0.05) is 0 Å². The summed E-state index contributed by atoms with van der Waals surface area (Å²) >= 11 is 0. The summed E-state index contributed by atoms with van der Waals surface area (Å²) in [6.45, 7) is 3.84. The smallest absolute Gasteiger partial charge is 0.486 e. The monoisotopic (exact) mass is 497 g/mol. The van der Waals surface area contributed by atoms with E-state index in [9.17, 15) is 13.2 Å². The molecule has 2 aromatic heterocycles. The van der Waals surface area contributed by atoms with E-state index in [0.29, 0.717) is 19.1 Å². The number of aryl methyl sites for hydroxylation is 2. The van der Waals surface area contributed by atoms with Crippen LogP contribution in [0.4, 0.5) is 13.2 Å². The summed E-state index contributed by atoms with van der Waals surface area (Å²) in [5, 5.41) is 5.26. The SMILES string of the molecule is Cc1ccc2c3c(ccc2n1)OCC(CNCC1CCc2[nH]c4ccc(OC(F)(F)F)cc4c2C1)O3. The van der Waals surface area contributed by atoms with Crippen LogP contribution in [0.25, 0.3) is 21.8 Å². The molecule has 0 fully saturated rings. The highest BCUT2D eigenvalue weighted by Gasteiger charge is 2.32. The summed E-state index contributed by atoms with van der Waals surface area (Å²) in [5.74, 6) is 1.65. The van der Waals surface area contributed by atoms with Gasteiger partial charge in [0, 0.05) is 34.2 Å². The van der Waals surface area contributed by atoms with Crippen molar-refractivity contribution in [1.29, 1.82) is 0 Å². The number of hydrogen-bond acceptors (Lipinski definition) is 5. The Labute approximate surface area is 205 Å². The lowest BCUT2D eigenvalue weighted by molar-refractivity contribution is -0.274. The quantitative estimate of drug-likeness (QED) is 0.383. The molecule has 6 rings (SSSR count). The molecule has 0 saturated heterocycles. The molecule has 2 unspecified atom stereocenters. The van der Waals surface area contributed by atoms with Gasteiger partial charge in [0.25, 0.3) is 0 Å². The average Bonchev–Trinajstić information content (AvgIpc) is 3.20. The molecular weight excluding hydrogens is 471 g/mol. The molecule has 0 amide bonds. The Morgan fingerprint density at radius 2 is 2.00 bits per heavy atom. The third-order valence-corrected chi connectivity index (χ3v) is 6.93. The number of ether oxygens (including phenoxy) is 3. The number of alkyl halides is 3. The second-order valence-corrected chi connectivity index (χ2v) is 9.57. The summed E-state index contributed by atoms with van der Waals surface area (Å²) in [4.78, 5) is 7.94. The van der Waals surface area contributed by atoms with E-state index < -0.39 is 6.36 Å². The first-order chi connectivity index (χ1) is 17.3. The fraction of sp³-hybridized carbons (Fsp3) is 0.370. The molecule has 6 nitrogen and oxygen atoms in total. The van der Waals surface area contributed by atoms with Crippen LogP contribution in [0, 0.1) is 12.8 Å². The molecule has 9 heteroatoms. The fourth-order valence-corrected chi connectivity index (χ4v) is 5.27. The van der Waals surface area contributed by atoms with E-state index in [1.165, 1.54) is 12.1 Å². The van der Waals surface area contributed by atoms with E-state index in [0.717, 1.165) is 76.1 Å². The van der Waals surface area contributed by atoms with Gasteiger partial charge in [0.2, 0.25) is 0 Å². The minimum Gasteiger partial charge on any atom is -0.486 e. The van der Waals surface area contributed by atoms with Gasteiger partial charge in [-0.3, -0.25) is 4.98 Å². The predicted molar refractivity (Wildman–Crippen MR) is 130 cm³/mol. The maximum Gasteiger partial charge on any atom is 0.573 e. The van der Waals surface area contributed by atoms with Gasteiger partial charge >= 0.3 is 6.36 Å². The Balaban J connectivity index is 1.10. The molecule has 1 aliphatic heterocycles. The summed E-state index contributed by atoms with van der Waals surface area (Å²) in [6.07, 6.45) is -2.18. The predicted octanol–water partition coefficient (Wildman–Crippen LogP) is 5.46. The van der Waals surface area contributed by atoms with Crippen LogP contribution in [0.5, 0.6) is 17.2 Å². The van der Waals surface area contributed by atoms with Gasteiger partial charge in [0.1, 0.15) is 18.5 Å². The van der Waals surface area contributed by atoms with Crippen LogP contribution < -0.4 is 19.5 Å². The highest BCUT2D eigenvalue weighted by molar-refractivity contribution is 5.88. The first-order valence-corrected chi connectivity index (χ1v) is 12.1. The van der Waals surface area contributed by atoms with Crippen LogP contribution in [0.15, 0.2) is 42.5 Å². The van der Waals surface area contributed by atoms with Crippen molar-refractivity contribution in [2.45, 2.75) is 38.7 Å². The zero-order chi connectivity index (χ0) is 24.9. The number of nitrogens with zero attached hydrogens (tertiary/aromatic N) is 1. The molecule has 2 aromatic carbocycles. The van der Waals surface area contributed by atoms with Crippen molar-refractivity contribution in [3.05, 3.63) is 59.4 Å². The lowest BCUT2D eigenvalue weighted by atomic mass is 9.86. The highest BCUT2D eigenvalue weighted by Crippen LogP contribution is 2.38. The van der Waals surface area contributed by atoms with E-state index >= 15 is 0 Å². The van der Waals surface area contributed by atoms with Crippen molar-refractivity contribution < 1.29 is 27.4 Å². The normalized spacial score (nSPS) is 19.4. The van der Waals surface area contributed by atoms with Crippen molar-refractivity contribution in [1.82, 2.24) is 15.3 Å². The molecule has 36 heavy (non-hydrogen) atoms. The topological polar surface area (TPSA) is 68.4 Å². The Bertz CT molecular complexity index is 1430. The molecule has 0 bridgehead atoms. The van der Waals surface area contributed by atoms with Gasteiger partial charge in [-0.25, -0.2) is 0 Å². The first-order valence-electron chi connectivity index (χ1n) is 12.1. The minimum atomic E-state index is -4.70. The summed E-state index contributed by atoms with van der Waals surface area (Å²) in [7, 11) is 0. The van der Waals surface area contributed by atoms with Crippen LogP contribution in [-0.2, 0) is 12.8 Å². The molecule has 2 N–H and O–H groups in total. The average molecular weight is 498 g/mol. The minimum absolute atomic E-state index is 0.126. The highest BCUT2D eigenvalue weighted by atomic mass is 19.4. The zero-order valence-corrected chi connectivity index (χ0v) is 19.7. The lowest BCUT2D eigenvalue weighted by Crippen LogP contribution is -2.40. The van der Waals surface area contributed by atoms with Crippen molar-refractivity contribution in [3.8, 4) is 17.2 Å². The van der Waals surface area contributed by atoms with E-state index in [-0.39, 0.29) is 11.9 Å². The number of aromatic nitrogens is 2. The number of rotatable bonds is 5. The standard InChI is InChI=1S/C27H26F3N3O3/c1-15-2-5-19-22(32-15)8-9-25-26(19)35-18(14-34-25)13-31-12-16-3-6-23-20(10-16)21-11-17(36-27(28,29)30)4-7-24(21)33-23/h2,4-5,7-9,11,16,18,31,33H,3,6,10,12-14H2,1H3. The van der Waals surface area contributed by atoms with Gasteiger partial charge in [-0.05, 0) is 86.7 Å². The van der Waals surface area contributed by atoms with E-state index in [1.807, 2.05) is 31.2 Å². The van der Waals surface area contributed by atoms with Gasteiger partial charge in [0.05, 0.1) is 5.52 Å². The number of aromatic amines is 1. The third-order valence-electron chi connectivity index (χ3n) is 6.93. The van der Waals surface area contributed by atoms with Gasteiger partial charge in [-0.2, -0.15) is 0 Å². The summed E-state index contributed by atoms with van der Waals surface area (Å²) in [6, 6.07) is 12.3. The van der Waals surface area contributed by atoms with Crippen LogP contribution in [0.1, 0.15) is 23.4 Å². The number of H-pyrrole nitrogens is 1. The van der Waals surface area contributed by atoms with Crippen molar-refractivity contribution in [2.75, 3.05) is 19.7 Å². The van der Waals surface area contributed by atoms with Crippen molar-refractivity contribution in [2.24, 2.45) is 5.92 Å². The number of benzene rings is 2. The Kier molecular flexibility index (Phi) is 5.67. The Morgan fingerprint density at radius 3 is 2.86 bits per heavy atom. The molecule has 2 aliphatic rings. The zero-order valence-electron chi connectivity index (χ0n) is 19.7. The van der Waals surface area contributed by atoms with Crippen molar-refractivity contribution >= 4 is 21.8 Å². The largest absolute Gasteiger partial charge is 0.573 e. The van der Waals surface area contributed by atoms with Gasteiger partial charge in [0.15, 0.2) is 11.5 Å². The van der Waals surface area contributed by atoms with Gasteiger partial charge < -0.3 is 24.5 Å². The van der Waals surface area contributed by atoms with E-state index in [1.54, 1.807) is 6.07 Å². The maximum absolute atomic E-state index is 12.7. The molecular formula is C27H26F3N3O3. The second-order valence-electron chi connectivity index (χ2n) is 9.57. The number of hydrogen-bond donors (Lipinski definition) is 2. The van der Waals surface area contributed by atoms with E-state index in [2.05, 4.69) is 20.0 Å². The molecule has 1 aliphatic carbocycles. The van der Waals surface area contributed by atoms with Crippen LogP contribution >= 0.6 is 0 Å². The van der Waals surface area contributed by atoms with Crippen LogP contribution in [0.2, 0.25) is 0 Å². The van der Waals surface area contributed by atoms with Crippen LogP contribution in [-0.4, -0.2) is 42.1 Å². The molecule has 4 aromatic rings. The molecule has 0 spiro atoms. The molecule has 0 saturated carbocycles. The third kappa shape index (κ3) is 4.55. The molecule has 3 heterocycles. The number of fused-ring (bicyclic) bond motifs is 6. The summed E-state index contributed by atoms with van der Waals surface area (Å²) in [5.41, 5.74) is 4.85. The first kappa shape index (κ1) is 23.0. The second kappa shape index (κ2) is 8.89. The van der Waals surface area contributed by atoms with Gasteiger partial charge in [-0.15, -0.1) is 13.2 Å².